The minimum Gasteiger partial charge on any atom is -0.390 e. The zero-order valence-electron chi connectivity index (χ0n) is 23.8. The van der Waals surface area contributed by atoms with Gasteiger partial charge in [0.25, 0.3) is 5.91 Å². The molecule has 0 bridgehead atoms. The Kier molecular flexibility index (Phi) is 6.73. The quantitative estimate of drug-likeness (QED) is 0.242. The van der Waals surface area contributed by atoms with Crippen LogP contribution in [0.5, 0.6) is 0 Å². The number of rotatable bonds is 6. The lowest BCUT2D eigenvalue weighted by Gasteiger charge is -2.29. The number of carbonyl (C=O) groups is 3. The zero-order chi connectivity index (χ0) is 30.1. The van der Waals surface area contributed by atoms with Crippen LogP contribution in [0, 0.1) is 26.2 Å². The number of aliphatic hydroxyl groups excluding tert-OH is 1. The molecule has 1 saturated carbocycles. The van der Waals surface area contributed by atoms with E-state index >= 15 is 0 Å². The van der Waals surface area contributed by atoms with Crippen molar-refractivity contribution in [3.8, 4) is 11.1 Å². The van der Waals surface area contributed by atoms with E-state index in [1.165, 1.54) is 16.5 Å². The molecule has 0 spiro atoms. The van der Waals surface area contributed by atoms with Crippen LogP contribution in [-0.2, 0) is 16.1 Å². The van der Waals surface area contributed by atoms with E-state index in [9.17, 15) is 19.5 Å². The maximum atomic E-state index is 13.9. The molecule has 2 aliphatic rings. The Morgan fingerprint density at radius 3 is 2.50 bits per heavy atom. The standard InChI is InChI=1S/C30H30BrN7O4/c1-14-6-7-22(31)34-28(14)35-29(42)26-27(41)30(5)10-21(30)38(26)23(40)13-37-25-15(2)8-18(19-11-32-17(4)33-12-19)9-20(25)24(36-37)16(3)39/h6-9,11-12,21,26-27,41H,10,13H2,1-5H3,(H,34,35,42)/t21-,26+,27+,30+/m1/s1. The number of carbonyl (C=O) groups excluding carboxylic acids is 3. The number of nitrogens with zero attached hydrogens (tertiary/aromatic N) is 6. The average Bonchev–Trinajstić information content (AvgIpc) is 3.39. The number of halogens is 1. The number of likely N-dealkylation sites (tertiary alicyclic amines) is 1. The van der Waals surface area contributed by atoms with Crippen molar-refractivity contribution in [3.05, 3.63) is 63.9 Å². The zero-order valence-corrected chi connectivity index (χ0v) is 25.4. The number of benzene rings is 1. The van der Waals surface area contributed by atoms with Gasteiger partial charge in [0.15, 0.2) is 5.78 Å². The van der Waals surface area contributed by atoms with Gasteiger partial charge in [-0.2, -0.15) is 5.10 Å². The lowest BCUT2D eigenvalue weighted by molar-refractivity contribution is -0.141. The van der Waals surface area contributed by atoms with Crippen LogP contribution in [0.2, 0.25) is 0 Å². The number of fused-ring (bicyclic) bond motifs is 2. The van der Waals surface area contributed by atoms with Crippen LogP contribution < -0.4 is 5.32 Å². The number of piperidine rings is 1. The smallest absolute Gasteiger partial charge is 0.251 e. The average molecular weight is 633 g/mol. The highest BCUT2D eigenvalue weighted by atomic mass is 79.9. The summed E-state index contributed by atoms with van der Waals surface area (Å²) in [5.74, 6) is -0.0954. The Labute approximate surface area is 250 Å². The topological polar surface area (TPSA) is 143 Å². The predicted octanol–water partition coefficient (Wildman–Crippen LogP) is 3.77. The number of nitrogens with one attached hydrogen (secondary N) is 1. The van der Waals surface area contributed by atoms with Crippen molar-refractivity contribution in [2.24, 2.45) is 5.41 Å². The maximum absolute atomic E-state index is 13.9. The fourth-order valence-corrected chi connectivity index (χ4v) is 6.35. The third-order valence-electron chi connectivity index (χ3n) is 8.47. The van der Waals surface area contributed by atoms with E-state index in [-0.39, 0.29) is 30.0 Å². The summed E-state index contributed by atoms with van der Waals surface area (Å²) >= 11 is 3.32. The second-order valence-corrected chi connectivity index (χ2v) is 12.3. The van der Waals surface area contributed by atoms with Gasteiger partial charge in [-0.1, -0.05) is 13.0 Å². The number of aromatic nitrogens is 5. The van der Waals surface area contributed by atoms with Crippen molar-refractivity contribution >= 4 is 50.2 Å². The molecule has 2 fully saturated rings. The van der Waals surface area contributed by atoms with E-state index in [4.69, 9.17) is 0 Å². The molecule has 0 unspecified atom stereocenters. The van der Waals surface area contributed by atoms with Crippen LogP contribution >= 0.6 is 15.9 Å². The number of hydrogen-bond donors (Lipinski definition) is 2. The van der Waals surface area contributed by atoms with Gasteiger partial charge in [0.05, 0.1) is 11.6 Å². The number of aliphatic hydroxyl groups is 1. The summed E-state index contributed by atoms with van der Waals surface area (Å²) in [6.07, 6.45) is 3.01. The Morgan fingerprint density at radius 1 is 1.10 bits per heavy atom. The summed E-state index contributed by atoms with van der Waals surface area (Å²) in [6.45, 7) is 8.65. The first kappa shape index (κ1) is 28.1. The van der Waals surface area contributed by atoms with Crippen LogP contribution in [-0.4, -0.2) is 70.5 Å². The highest BCUT2D eigenvalue weighted by Gasteiger charge is 2.70. The molecule has 1 saturated heterocycles. The largest absolute Gasteiger partial charge is 0.390 e. The van der Waals surface area contributed by atoms with Crippen molar-refractivity contribution < 1.29 is 19.5 Å². The maximum Gasteiger partial charge on any atom is 0.251 e. The Hall–Kier alpha value is -4.03. The molecular formula is C30H30BrN7O4. The molecule has 4 atom stereocenters. The highest BCUT2D eigenvalue weighted by Crippen LogP contribution is 2.59. The molecule has 11 nitrogen and oxygen atoms in total. The fourth-order valence-electron chi connectivity index (χ4n) is 6.04. The number of pyridine rings is 1. The summed E-state index contributed by atoms with van der Waals surface area (Å²) in [4.78, 5) is 54.5. The number of ketones is 1. The summed E-state index contributed by atoms with van der Waals surface area (Å²) in [5.41, 5.74) is 3.52. The van der Waals surface area contributed by atoms with E-state index in [1.807, 2.05) is 45.9 Å². The summed E-state index contributed by atoms with van der Waals surface area (Å²) in [7, 11) is 0. The van der Waals surface area contributed by atoms with Crippen molar-refractivity contribution in [2.75, 3.05) is 5.32 Å². The number of anilines is 1. The second-order valence-electron chi connectivity index (χ2n) is 11.5. The summed E-state index contributed by atoms with van der Waals surface area (Å²) < 4.78 is 2.08. The van der Waals surface area contributed by atoms with E-state index in [2.05, 4.69) is 41.3 Å². The van der Waals surface area contributed by atoms with Crippen molar-refractivity contribution in [3.63, 3.8) is 0 Å². The first-order chi connectivity index (χ1) is 19.9. The van der Waals surface area contributed by atoms with Gasteiger partial charge in [-0.3, -0.25) is 19.1 Å². The van der Waals surface area contributed by atoms with Gasteiger partial charge in [-0.05, 0) is 78.0 Å². The molecule has 4 aromatic rings. The van der Waals surface area contributed by atoms with Gasteiger partial charge < -0.3 is 15.3 Å². The summed E-state index contributed by atoms with van der Waals surface area (Å²) in [5, 5.41) is 19.2. The van der Waals surface area contributed by atoms with Gasteiger partial charge in [0, 0.05) is 41.7 Å². The SMILES string of the molecule is CC(=O)c1nn(CC(=O)N2[C@H](C(=O)Nc3nc(Br)ccc3C)[C@H](O)[C@@]3(C)C[C@@H]23)c2c(C)cc(-c3cnc(C)nc3)cc12. The molecule has 1 aromatic carbocycles. The van der Waals surface area contributed by atoms with E-state index < -0.39 is 23.5 Å². The first-order valence-electron chi connectivity index (χ1n) is 13.6. The minimum atomic E-state index is -1.09. The molecule has 2 amide bonds. The van der Waals surface area contributed by atoms with Crippen molar-refractivity contribution in [1.29, 1.82) is 0 Å². The van der Waals surface area contributed by atoms with Gasteiger partial charge in [-0.15, -0.1) is 0 Å². The van der Waals surface area contributed by atoms with E-state index in [1.54, 1.807) is 18.5 Å². The summed E-state index contributed by atoms with van der Waals surface area (Å²) in [6, 6.07) is 6.02. The molecular weight excluding hydrogens is 602 g/mol. The minimum absolute atomic E-state index is 0.200. The van der Waals surface area contributed by atoms with Crippen LogP contribution in [0.4, 0.5) is 5.82 Å². The molecule has 1 aliphatic heterocycles. The Bertz CT molecular complexity index is 1790. The van der Waals surface area contributed by atoms with Crippen LogP contribution in [0.15, 0.2) is 41.3 Å². The van der Waals surface area contributed by atoms with E-state index in [0.717, 1.165) is 22.3 Å². The lowest BCUT2D eigenvalue weighted by atomic mass is 9.97. The molecule has 0 radical (unpaired) electrons. The number of Topliss-reactive ketones (excluding diaryl/α,β-unsaturated/α-hetero) is 1. The number of amides is 2. The Balaban J connectivity index is 1.34. The molecule has 4 heterocycles. The normalized spacial score (nSPS) is 22.7. The number of aryl methyl sites for hydroxylation is 3. The van der Waals surface area contributed by atoms with Gasteiger partial charge in [0.1, 0.15) is 34.5 Å². The van der Waals surface area contributed by atoms with Crippen molar-refractivity contribution in [1.82, 2.24) is 29.6 Å². The molecule has 6 rings (SSSR count). The Morgan fingerprint density at radius 2 is 1.81 bits per heavy atom. The molecule has 1 aliphatic carbocycles. The third-order valence-corrected chi connectivity index (χ3v) is 8.91. The first-order valence-corrected chi connectivity index (χ1v) is 14.4. The molecule has 42 heavy (non-hydrogen) atoms. The van der Waals surface area contributed by atoms with Gasteiger partial charge in [-0.25, -0.2) is 15.0 Å². The van der Waals surface area contributed by atoms with Crippen molar-refractivity contribution in [2.45, 2.75) is 65.8 Å². The number of hydrogen-bond acceptors (Lipinski definition) is 8. The van der Waals surface area contributed by atoms with Crippen LogP contribution in [0.3, 0.4) is 0 Å². The molecule has 12 heteroatoms. The molecule has 2 N–H and O–H groups in total. The van der Waals surface area contributed by atoms with Gasteiger partial charge in [0.2, 0.25) is 5.91 Å². The highest BCUT2D eigenvalue weighted by molar-refractivity contribution is 9.10. The van der Waals surface area contributed by atoms with E-state index in [0.29, 0.717) is 33.6 Å². The molecule has 3 aromatic heterocycles. The lowest BCUT2D eigenvalue weighted by Crippen LogP contribution is -2.51. The fraction of sp³-hybridized carbons (Fsp3) is 0.367. The van der Waals surface area contributed by atoms with Crippen LogP contribution in [0.1, 0.15) is 47.7 Å². The monoisotopic (exact) mass is 631 g/mol. The second kappa shape index (κ2) is 10.1. The molecule has 216 valence electrons. The van der Waals surface area contributed by atoms with Crippen LogP contribution in [0.25, 0.3) is 22.0 Å². The predicted molar refractivity (Wildman–Crippen MR) is 159 cm³/mol. The third kappa shape index (κ3) is 4.58. The van der Waals surface area contributed by atoms with Gasteiger partial charge >= 0.3 is 0 Å².